The molecule has 2 aliphatic rings. The first kappa shape index (κ1) is 21.1. The molecule has 6 nitrogen and oxygen atoms in total. The monoisotopic (exact) mass is 426 g/mol. The van der Waals surface area contributed by atoms with Crippen LogP contribution in [0.2, 0.25) is 0 Å². The molecule has 1 amide bonds. The van der Waals surface area contributed by atoms with E-state index in [0.29, 0.717) is 18.7 Å². The third-order valence-electron chi connectivity index (χ3n) is 6.20. The number of hydrogen-bond donors (Lipinski definition) is 0. The van der Waals surface area contributed by atoms with E-state index >= 15 is 0 Å². The maximum Gasteiger partial charge on any atom is 0.257 e. The van der Waals surface area contributed by atoms with Gasteiger partial charge in [0.15, 0.2) is 5.16 Å². The van der Waals surface area contributed by atoms with Crippen molar-refractivity contribution in [2.24, 2.45) is 5.92 Å². The number of amides is 1. The number of fused-ring (bicyclic) bond motifs is 1. The predicted octanol–water partition coefficient (Wildman–Crippen LogP) is 2.22. The second kappa shape index (κ2) is 9.35. The predicted molar refractivity (Wildman–Crippen MR) is 120 cm³/mol. The maximum atomic E-state index is 13.1. The normalized spacial score (nSPS) is 19.5. The first-order valence-electron chi connectivity index (χ1n) is 10.8. The molecule has 2 aliphatic heterocycles. The molecule has 2 aromatic rings. The average Bonchev–Trinajstić information content (AvgIpc) is 2.78. The van der Waals surface area contributed by atoms with Gasteiger partial charge in [-0.2, -0.15) is 0 Å². The molecule has 0 spiro atoms. The topological polar surface area (TPSA) is 58.4 Å². The van der Waals surface area contributed by atoms with Crippen molar-refractivity contribution >= 4 is 17.7 Å². The molecular formula is C23H30N4O2S. The van der Waals surface area contributed by atoms with Crippen molar-refractivity contribution in [3.8, 4) is 0 Å². The van der Waals surface area contributed by atoms with Crippen molar-refractivity contribution in [3.63, 3.8) is 0 Å². The van der Waals surface area contributed by atoms with Crippen LogP contribution in [-0.2, 0) is 24.2 Å². The standard InChI is InChI=1S/C23H30N4O2S/c1-3-20-17(2)24-23-27(22(20)29)15-19(16-30-23)21(28)26-13-11-25(12-14-26)10-9-18-7-5-4-6-8-18/h4-8,19H,3,9-16H2,1-2H3. The first-order valence-corrected chi connectivity index (χ1v) is 11.8. The van der Waals surface area contributed by atoms with Crippen LogP contribution in [0.3, 0.4) is 0 Å². The quantitative estimate of drug-likeness (QED) is 0.687. The summed E-state index contributed by atoms with van der Waals surface area (Å²) in [5.41, 5.74) is 2.96. The van der Waals surface area contributed by atoms with Crippen molar-refractivity contribution in [2.75, 3.05) is 38.5 Å². The minimum atomic E-state index is -0.148. The number of aromatic nitrogens is 2. The van der Waals surface area contributed by atoms with E-state index in [0.717, 1.165) is 55.6 Å². The Kier molecular flexibility index (Phi) is 6.58. The van der Waals surface area contributed by atoms with Gasteiger partial charge in [0.2, 0.25) is 5.91 Å². The zero-order chi connectivity index (χ0) is 21.1. The molecule has 30 heavy (non-hydrogen) atoms. The fourth-order valence-electron chi connectivity index (χ4n) is 4.33. The number of aryl methyl sites for hydroxylation is 1. The summed E-state index contributed by atoms with van der Waals surface area (Å²) in [5, 5.41) is 0.754. The summed E-state index contributed by atoms with van der Waals surface area (Å²) < 4.78 is 1.72. The highest BCUT2D eigenvalue weighted by molar-refractivity contribution is 7.99. The van der Waals surface area contributed by atoms with Gasteiger partial charge in [-0.3, -0.25) is 19.1 Å². The summed E-state index contributed by atoms with van der Waals surface area (Å²) in [6, 6.07) is 10.5. The van der Waals surface area contributed by atoms with Gasteiger partial charge in [0, 0.05) is 56.3 Å². The van der Waals surface area contributed by atoms with Crippen LogP contribution in [-0.4, -0.2) is 63.7 Å². The fraction of sp³-hybridized carbons (Fsp3) is 0.522. The largest absolute Gasteiger partial charge is 0.340 e. The smallest absolute Gasteiger partial charge is 0.257 e. The number of benzene rings is 1. The number of nitrogens with zero attached hydrogens (tertiary/aromatic N) is 4. The van der Waals surface area contributed by atoms with Crippen molar-refractivity contribution in [1.82, 2.24) is 19.4 Å². The van der Waals surface area contributed by atoms with Crippen molar-refractivity contribution < 1.29 is 4.79 Å². The average molecular weight is 427 g/mol. The van der Waals surface area contributed by atoms with Gasteiger partial charge < -0.3 is 4.90 Å². The third-order valence-corrected chi connectivity index (χ3v) is 7.34. The Hall–Kier alpha value is -2.12. The zero-order valence-corrected chi connectivity index (χ0v) is 18.7. The van der Waals surface area contributed by atoms with E-state index in [4.69, 9.17) is 0 Å². The molecule has 1 unspecified atom stereocenters. The summed E-state index contributed by atoms with van der Waals surface area (Å²) in [5.74, 6) is 0.733. The second-order valence-electron chi connectivity index (χ2n) is 8.14. The maximum absolute atomic E-state index is 13.1. The molecule has 4 rings (SSSR count). The van der Waals surface area contributed by atoms with Gasteiger partial charge >= 0.3 is 0 Å². The highest BCUT2D eigenvalue weighted by Gasteiger charge is 2.32. The summed E-state index contributed by atoms with van der Waals surface area (Å²) in [6.45, 7) is 8.72. The molecule has 3 heterocycles. The summed E-state index contributed by atoms with van der Waals surface area (Å²) in [7, 11) is 0. The Morgan fingerprint density at radius 3 is 2.60 bits per heavy atom. The lowest BCUT2D eigenvalue weighted by Gasteiger charge is -2.37. The number of piperazine rings is 1. The number of carbonyl (C=O) groups is 1. The van der Waals surface area contributed by atoms with Gasteiger partial charge in [-0.25, -0.2) is 4.98 Å². The van der Waals surface area contributed by atoms with E-state index in [1.54, 1.807) is 4.57 Å². The summed E-state index contributed by atoms with van der Waals surface area (Å²) in [6.07, 6.45) is 1.71. The van der Waals surface area contributed by atoms with E-state index in [9.17, 15) is 9.59 Å². The first-order chi connectivity index (χ1) is 14.6. The second-order valence-corrected chi connectivity index (χ2v) is 9.13. The van der Waals surface area contributed by atoms with Crippen LogP contribution in [0.25, 0.3) is 0 Å². The molecule has 1 atom stereocenters. The number of thioether (sulfide) groups is 1. The van der Waals surface area contributed by atoms with E-state index in [2.05, 4.69) is 34.1 Å². The molecule has 0 bridgehead atoms. The van der Waals surface area contributed by atoms with Crippen LogP contribution in [0.15, 0.2) is 40.3 Å². The van der Waals surface area contributed by atoms with Gasteiger partial charge in [0.25, 0.3) is 5.56 Å². The Morgan fingerprint density at radius 2 is 1.90 bits per heavy atom. The molecule has 0 saturated carbocycles. The van der Waals surface area contributed by atoms with Crippen LogP contribution in [0, 0.1) is 12.8 Å². The summed E-state index contributed by atoms with van der Waals surface area (Å²) in [4.78, 5) is 35.0. The van der Waals surface area contributed by atoms with Gasteiger partial charge in [-0.05, 0) is 25.3 Å². The molecule has 0 aliphatic carbocycles. The lowest BCUT2D eigenvalue weighted by molar-refractivity contribution is -0.137. The number of carbonyl (C=O) groups excluding carboxylic acids is 1. The molecular weight excluding hydrogens is 396 g/mol. The van der Waals surface area contributed by atoms with Crippen LogP contribution in [0.4, 0.5) is 0 Å². The third kappa shape index (κ3) is 4.47. The van der Waals surface area contributed by atoms with E-state index < -0.39 is 0 Å². The zero-order valence-electron chi connectivity index (χ0n) is 17.8. The molecule has 160 valence electrons. The van der Waals surface area contributed by atoms with Gasteiger partial charge in [0.05, 0.1) is 5.92 Å². The Balaban J connectivity index is 1.33. The molecule has 0 radical (unpaired) electrons. The van der Waals surface area contributed by atoms with E-state index in [1.165, 1.54) is 17.3 Å². The van der Waals surface area contributed by atoms with Gasteiger partial charge in [0.1, 0.15) is 0 Å². The minimum absolute atomic E-state index is 0.0238. The summed E-state index contributed by atoms with van der Waals surface area (Å²) >= 11 is 1.54. The Labute approximate surface area is 182 Å². The lowest BCUT2D eigenvalue weighted by atomic mass is 10.1. The fourth-order valence-corrected chi connectivity index (χ4v) is 5.45. The van der Waals surface area contributed by atoms with E-state index in [1.807, 2.05) is 24.8 Å². The minimum Gasteiger partial charge on any atom is -0.340 e. The Morgan fingerprint density at radius 1 is 1.17 bits per heavy atom. The molecule has 1 saturated heterocycles. The van der Waals surface area contributed by atoms with Crippen LogP contribution in [0.5, 0.6) is 0 Å². The van der Waals surface area contributed by atoms with Gasteiger partial charge in [-0.1, -0.05) is 49.0 Å². The SMILES string of the molecule is CCc1c(C)nc2n(c1=O)CC(C(=O)N1CCN(CCc3ccccc3)CC1)CS2. The molecule has 1 fully saturated rings. The van der Waals surface area contributed by atoms with Crippen molar-refractivity contribution in [1.29, 1.82) is 0 Å². The lowest BCUT2D eigenvalue weighted by Crippen LogP contribution is -2.52. The van der Waals surface area contributed by atoms with Crippen molar-refractivity contribution in [3.05, 3.63) is 57.5 Å². The molecule has 7 heteroatoms. The van der Waals surface area contributed by atoms with Gasteiger partial charge in [-0.15, -0.1) is 0 Å². The molecule has 0 N–H and O–H groups in total. The Bertz CT molecular complexity index is 952. The number of rotatable bonds is 5. The van der Waals surface area contributed by atoms with Crippen LogP contribution >= 0.6 is 11.8 Å². The number of hydrogen-bond acceptors (Lipinski definition) is 5. The highest BCUT2D eigenvalue weighted by Crippen LogP contribution is 2.27. The van der Waals surface area contributed by atoms with Crippen LogP contribution in [0.1, 0.15) is 23.7 Å². The molecule has 1 aromatic carbocycles. The van der Waals surface area contributed by atoms with E-state index in [-0.39, 0.29) is 17.4 Å². The van der Waals surface area contributed by atoms with Crippen molar-refractivity contribution in [2.45, 2.75) is 38.4 Å². The highest BCUT2D eigenvalue weighted by atomic mass is 32.2. The van der Waals surface area contributed by atoms with Crippen LogP contribution < -0.4 is 5.56 Å². The molecule has 1 aromatic heterocycles.